The van der Waals surface area contributed by atoms with Gasteiger partial charge in [-0.05, 0) is 49.1 Å². The Bertz CT molecular complexity index is 682. The van der Waals surface area contributed by atoms with Crippen molar-refractivity contribution in [3.63, 3.8) is 0 Å². The van der Waals surface area contributed by atoms with Crippen LogP contribution in [-0.2, 0) is 11.2 Å². The van der Waals surface area contributed by atoms with Crippen molar-refractivity contribution in [2.45, 2.75) is 25.8 Å². The van der Waals surface area contributed by atoms with Crippen molar-refractivity contribution in [1.82, 2.24) is 4.98 Å². The van der Waals surface area contributed by atoms with E-state index in [1.807, 2.05) is 31.3 Å². The van der Waals surface area contributed by atoms with Gasteiger partial charge in [0.25, 0.3) is 0 Å². The number of fused-ring (bicyclic) bond motifs is 1. The Morgan fingerprint density at radius 3 is 3.00 bits per heavy atom. The molecular weight excluding hydrogens is 264 g/mol. The van der Waals surface area contributed by atoms with Crippen LogP contribution < -0.4 is 5.32 Å². The topological polar surface area (TPSA) is 51.2 Å². The number of methoxy groups -OCH3 is 1. The molecule has 108 valence electrons. The number of carbonyl (C=O) groups is 1. The molecule has 2 aromatic rings. The van der Waals surface area contributed by atoms with Gasteiger partial charge < -0.3 is 10.1 Å². The van der Waals surface area contributed by atoms with Crippen LogP contribution in [0.2, 0.25) is 0 Å². The highest BCUT2D eigenvalue weighted by atomic mass is 16.5. The molecule has 0 fully saturated rings. The fraction of sp³-hybridized carbons (Fsp3) is 0.294. The summed E-state index contributed by atoms with van der Waals surface area (Å²) in [7, 11) is 1.40. The van der Waals surface area contributed by atoms with Crippen LogP contribution in [0.15, 0.2) is 36.5 Å². The van der Waals surface area contributed by atoms with Gasteiger partial charge in [-0.1, -0.05) is 12.1 Å². The quantitative estimate of drug-likeness (QED) is 0.878. The summed E-state index contributed by atoms with van der Waals surface area (Å²) in [6, 6.07) is 9.95. The van der Waals surface area contributed by atoms with Crippen LogP contribution in [0.3, 0.4) is 0 Å². The zero-order valence-corrected chi connectivity index (χ0v) is 12.2. The number of carbonyl (C=O) groups excluding carboxylic acids is 1. The van der Waals surface area contributed by atoms with E-state index < -0.39 is 0 Å². The summed E-state index contributed by atoms with van der Waals surface area (Å²) in [5, 5.41) is 3.51. The number of hydrogen-bond donors (Lipinski definition) is 1. The summed E-state index contributed by atoms with van der Waals surface area (Å²) >= 11 is 0. The van der Waals surface area contributed by atoms with Gasteiger partial charge in [0.2, 0.25) is 0 Å². The van der Waals surface area contributed by atoms with Crippen LogP contribution in [0.4, 0.5) is 5.69 Å². The average Bonchev–Trinajstić information content (AvgIpc) is 2.92. The predicted molar refractivity (Wildman–Crippen MR) is 81.4 cm³/mol. The lowest BCUT2D eigenvalue weighted by Gasteiger charge is -2.17. The standard InChI is InChI=1S/C17H18N2O2/c1-11-13(17(20)21-2)6-3-7-14(11)19-15-9-8-12-5-4-10-18-16(12)15/h3-7,10,15,19H,8-9H2,1-2H3. The van der Waals surface area contributed by atoms with Gasteiger partial charge in [-0.2, -0.15) is 0 Å². The predicted octanol–water partition coefficient (Wildman–Crippen LogP) is 3.28. The third-order valence-corrected chi connectivity index (χ3v) is 4.03. The van der Waals surface area contributed by atoms with Crippen LogP contribution in [-0.4, -0.2) is 18.1 Å². The smallest absolute Gasteiger partial charge is 0.338 e. The number of benzene rings is 1. The van der Waals surface area contributed by atoms with Crippen LogP contribution in [0.5, 0.6) is 0 Å². The maximum Gasteiger partial charge on any atom is 0.338 e. The zero-order chi connectivity index (χ0) is 14.8. The number of aryl methyl sites for hydroxylation is 1. The summed E-state index contributed by atoms with van der Waals surface area (Å²) in [6.07, 6.45) is 3.89. The first-order valence-corrected chi connectivity index (χ1v) is 7.09. The monoisotopic (exact) mass is 282 g/mol. The van der Waals surface area contributed by atoms with Crippen molar-refractivity contribution in [3.05, 3.63) is 58.9 Å². The van der Waals surface area contributed by atoms with Gasteiger partial charge in [-0.3, -0.25) is 4.98 Å². The molecule has 1 unspecified atom stereocenters. The Labute approximate surface area is 124 Å². The second-order valence-corrected chi connectivity index (χ2v) is 5.25. The summed E-state index contributed by atoms with van der Waals surface area (Å²) in [5.74, 6) is -0.305. The van der Waals surface area contributed by atoms with Gasteiger partial charge in [0, 0.05) is 11.9 Å². The van der Waals surface area contributed by atoms with Crippen LogP contribution in [0.1, 0.15) is 39.6 Å². The fourth-order valence-corrected chi connectivity index (χ4v) is 2.86. The number of hydrogen-bond acceptors (Lipinski definition) is 4. The fourth-order valence-electron chi connectivity index (χ4n) is 2.86. The molecule has 1 aromatic heterocycles. The molecule has 0 radical (unpaired) electrons. The molecule has 1 heterocycles. The lowest BCUT2D eigenvalue weighted by molar-refractivity contribution is 0.0600. The Hall–Kier alpha value is -2.36. The second-order valence-electron chi connectivity index (χ2n) is 5.25. The van der Waals surface area contributed by atoms with Crippen LogP contribution in [0.25, 0.3) is 0 Å². The summed E-state index contributed by atoms with van der Waals surface area (Å²) in [6.45, 7) is 1.93. The van der Waals surface area contributed by atoms with E-state index in [-0.39, 0.29) is 12.0 Å². The second kappa shape index (κ2) is 5.56. The molecular formula is C17H18N2O2. The number of pyridine rings is 1. The number of ether oxygens (including phenoxy) is 1. The summed E-state index contributed by atoms with van der Waals surface area (Å²) < 4.78 is 4.82. The first-order valence-electron chi connectivity index (χ1n) is 7.09. The molecule has 1 aliphatic carbocycles. The minimum atomic E-state index is -0.305. The minimum absolute atomic E-state index is 0.202. The van der Waals surface area contributed by atoms with Gasteiger partial charge >= 0.3 is 5.97 Å². The molecule has 0 saturated carbocycles. The number of nitrogens with zero attached hydrogens (tertiary/aromatic N) is 1. The van der Waals surface area contributed by atoms with Crippen molar-refractivity contribution in [2.24, 2.45) is 0 Å². The van der Waals surface area contributed by atoms with Gasteiger partial charge in [-0.15, -0.1) is 0 Å². The number of anilines is 1. The third-order valence-electron chi connectivity index (χ3n) is 4.03. The summed E-state index contributed by atoms with van der Waals surface area (Å²) in [4.78, 5) is 16.2. The number of rotatable bonds is 3. The van der Waals surface area contributed by atoms with Gasteiger partial charge in [0.15, 0.2) is 0 Å². The SMILES string of the molecule is COC(=O)c1cccc(NC2CCc3cccnc32)c1C. The maximum absolute atomic E-state index is 11.8. The largest absolute Gasteiger partial charge is 0.465 e. The van der Waals surface area contributed by atoms with Gasteiger partial charge in [-0.25, -0.2) is 4.79 Å². The Morgan fingerprint density at radius 2 is 2.19 bits per heavy atom. The van der Waals surface area contributed by atoms with E-state index in [0.29, 0.717) is 5.56 Å². The average molecular weight is 282 g/mol. The zero-order valence-electron chi connectivity index (χ0n) is 12.2. The molecule has 3 rings (SSSR count). The highest BCUT2D eigenvalue weighted by Crippen LogP contribution is 2.33. The molecule has 1 aromatic carbocycles. The van der Waals surface area contributed by atoms with Gasteiger partial charge in [0.05, 0.1) is 24.4 Å². The molecule has 0 spiro atoms. The molecule has 1 aliphatic rings. The van der Waals surface area contributed by atoms with Gasteiger partial charge in [0.1, 0.15) is 0 Å². The van der Waals surface area contributed by atoms with Crippen LogP contribution >= 0.6 is 0 Å². The van der Waals surface area contributed by atoms with E-state index in [9.17, 15) is 4.79 Å². The van der Waals surface area contributed by atoms with Crippen molar-refractivity contribution >= 4 is 11.7 Å². The third kappa shape index (κ3) is 2.49. The normalized spacial score (nSPS) is 16.4. The molecule has 4 heteroatoms. The van der Waals surface area contributed by atoms with Crippen LogP contribution in [0, 0.1) is 6.92 Å². The van der Waals surface area contributed by atoms with E-state index >= 15 is 0 Å². The maximum atomic E-state index is 11.8. The molecule has 0 amide bonds. The molecule has 1 N–H and O–H groups in total. The van der Waals surface area contributed by atoms with E-state index in [0.717, 1.165) is 29.8 Å². The van der Waals surface area contributed by atoms with Crippen molar-refractivity contribution in [1.29, 1.82) is 0 Å². The first kappa shape index (κ1) is 13.6. The molecule has 4 nitrogen and oxygen atoms in total. The van der Waals surface area contributed by atoms with Crippen molar-refractivity contribution in [2.75, 3.05) is 12.4 Å². The lowest BCUT2D eigenvalue weighted by Crippen LogP contribution is -2.12. The molecule has 0 bridgehead atoms. The summed E-state index contributed by atoms with van der Waals surface area (Å²) in [5.41, 5.74) is 4.88. The molecule has 0 saturated heterocycles. The van der Waals surface area contributed by atoms with Crippen molar-refractivity contribution in [3.8, 4) is 0 Å². The number of nitrogens with one attached hydrogen (secondary N) is 1. The molecule has 21 heavy (non-hydrogen) atoms. The molecule has 0 aliphatic heterocycles. The van der Waals surface area contributed by atoms with E-state index in [1.54, 1.807) is 6.07 Å². The number of esters is 1. The van der Waals surface area contributed by atoms with E-state index in [1.165, 1.54) is 12.7 Å². The Balaban J connectivity index is 1.88. The number of aromatic nitrogens is 1. The van der Waals surface area contributed by atoms with E-state index in [4.69, 9.17) is 4.74 Å². The molecule has 1 atom stereocenters. The highest BCUT2D eigenvalue weighted by molar-refractivity contribution is 5.92. The lowest BCUT2D eigenvalue weighted by atomic mass is 10.1. The first-order chi connectivity index (χ1) is 10.2. The Morgan fingerprint density at radius 1 is 1.33 bits per heavy atom. The van der Waals surface area contributed by atoms with E-state index in [2.05, 4.69) is 16.4 Å². The highest BCUT2D eigenvalue weighted by Gasteiger charge is 2.24. The Kier molecular flexibility index (Phi) is 3.60. The minimum Gasteiger partial charge on any atom is -0.465 e. The van der Waals surface area contributed by atoms with Crippen molar-refractivity contribution < 1.29 is 9.53 Å².